The molecule has 0 radical (unpaired) electrons. The Labute approximate surface area is 84.3 Å². The van der Waals surface area contributed by atoms with Crippen LogP contribution in [0.1, 0.15) is 32.6 Å². The average Bonchev–Trinajstić information content (AvgIpc) is 2.48. The van der Waals surface area contributed by atoms with E-state index in [4.69, 9.17) is 0 Å². The van der Waals surface area contributed by atoms with E-state index in [1.807, 2.05) is 11.8 Å². The van der Waals surface area contributed by atoms with Gasteiger partial charge < -0.3 is 10.0 Å². The summed E-state index contributed by atoms with van der Waals surface area (Å²) in [6.07, 6.45) is 3.50. The second kappa shape index (κ2) is 3.87. The summed E-state index contributed by atoms with van der Waals surface area (Å²) >= 11 is 0. The Balaban J connectivity index is 1.97. The summed E-state index contributed by atoms with van der Waals surface area (Å²) in [5, 5.41) is 12.7. The van der Waals surface area contributed by atoms with Gasteiger partial charge in [0.25, 0.3) is 0 Å². The third-order valence-corrected chi connectivity index (χ3v) is 3.28. The van der Waals surface area contributed by atoms with Crippen molar-refractivity contribution < 1.29 is 9.90 Å². The van der Waals surface area contributed by atoms with Gasteiger partial charge in [0.15, 0.2) is 0 Å². The van der Waals surface area contributed by atoms with Crippen LogP contribution in [0.5, 0.6) is 0 Å². The van der Waals surface area contributed by atoms with Crippen LogP contribution in [0.15, 0.2) is 0 Å². The first kappa shape index (κ1) is 9.93. The smallest absolute Gasteiger partial charge is 0.240 e. The first-order chi connectivity index (χ1) is 6.68. The summed E-state index contributed by atoms with van der Waals surface area (Å²) in [6.45, 7) is 2.54. The normalized spacial score (nSPS) is 39.1. The maximum Gasteiger partial charge on any atom is 0.240 e. The quantitative estimate of drug-likeness (QED) is 0.627. The van der Waals surface area contributed by atoms with Crippen LogP contribution < -0.4 is 5.32 Å². The highest BCUT2D eigenvalue weighted by molar-refractivity contribution is 5.83. The number of hydrogen-bond donors (Lipinski definition) is 2. The van der Waals surface area contributed by atoms with E-state index in [2.05, 4.69) is 5.32 Å². The van der Waals surface area contributed by atoms with Gasteiger partial charge in [-0.15, -0.1) is 0 Å². The molecule has 4 nitrogen and oxygen atoms in total. The lowest BCUT2D eigenvalue weighted by Gasteiger charge is -2.32. The van der Waals surface area contributed by atoms with E-state index in [0.29, 0.717) is 6.67 Å². The van der Waals surface area contributed by atoms with Crippen LogP contribution in [0.25, 0.3) is 0 Å². The molecule has 0 aromatic heterocycles. The molecule has 2 aliphatic rings. The van der Waals surface area contributed by atoms with Crippen LogP contribution in [-0.4, -0.2) is 40.8 Å². The highest BCUT2D eigenvalue weighted by atomic mass is 16.3. The predicted octanol–water partition coefficient (Wildman–Crippen LogP) is 0.0677. The summed E-state index contributed by atoms with van der Waals surface area (Å²) < 4.78 is 0. The van der Waals surface area contributed by atoms with Gasteiger partial charge in [-0.05, 0) is 32.6 Å². The van der Waals surface area contributed by atoms with E-state index in [-0.39, 0.29) is 24.1 Å². The van der Waals surface area contributed by atoms with Crippen LogP contribution in [-0.2, 0) is 4.79 Å². The molecule has 1 saturated carbocycles. The highest BCUT2D eigenvalue weighted by Gasteiger charge is 2.34. The summed E-state index contributed by atoms with van der Waals surface area (Å²) in [6, 6.07) is 0.206. The number of aliphatic hydroxyl groups is 1. The summed E-state index contributed by atoms with van der Waals surface area (Å²) in [5.74, 6) is 0.184. The number of carbonyl (C=O) groups excluding carboxylic acids is 1. The topological polar surface area (TPSA) is 52.6 Å². The second-order valence-corrected chi connectivity index (χ2v) is 4.37. The molecule has 4 heteroatoms. The van der Waals surface area contributed by atoms with Gasteiger partial charge in [0.2, 0.25) is 5.91 Å². The Morgan fingerprint density at radius 2 is 2.29 bits per heavy atom. The largest absolute Gasteiger partial charge is 0.393 e. The maximum atomic E-state index is 11.7. The number of nitrogens with one attached hydrogen (secondary N) is 1. The molecule has 3 unspecified atom stereocenters. The van der Waals surface area contributed by atoms with Gasteiger partial charge in [-0.25, -0.2) is 0 Å². The van der Waals surface area contributed by atoms with Gasteiger partial charge in [0.05, 0.1) is 18.8 Å². The molecular weight excluding hydrogens is 180 g/mol. The van der Waals surface area contributed by atoms with Gasteiger partial charge in [-0.1, -0.05) is 0 Å². The van der Waals surface area contributed by atoms with Crippen molar-refractivity contribution in [2.45, 2.75) is 50.8 Å². The van der Waals surface area contributed by atoms with E-state index in [0.717, 1.165) is 25.7 Å². The fraction of sp³-hybridized carbons (Fsp3) is 0.900. The van der Waals surface area contributed by atoms with Crippen molar-refractivity contribution >= 4 is 5.91 Å². The molecule has 1 saturated heterocycles. The Hall–Kier alpha value is -0.610. The lowest BCUT2D eigenvalue weighted by Crippen LogP contribution is -2.42. The minimum absolute atomic E-state index is 0.0472. The summed E-state index contributed by atoms with van der Waals surface area (Å²) in [7, 11) is 0. The molecule has 2 N–H and O–H groups in total. The lowest BCUT2D eigenvalue weighted by molar-refractivity contribution is -0.131. The molecule has 1 amide bonds. The van der Waals surface area contributed by atoms with Crippen LogP contribution in [0.4, 0.5) is 0 Å². The first-order valence-corrected chi connectivity index (χ1v) is 5.40. The molecule has 0 aromatic rings. The molecule has 3 atom stereocenters. The fourth-order valence-corrected chi connectivity index (χ4v) is 2.38. The van der Waals surface area contributed by atoms with Crippen molar-refractivity contribution in [3.8, 4) is 0 Å². The van der Waals surface area contributed by atoms with Crippen LogP contribution >= 0.6 is 0 Å². The number of rotatable bonds is 1. The third-order valence-electron chi connectivity index (χ3n) is 3.28. The molecule has 80 valence electrons. The zero-order chi connectivity index (χ0) is 10.1. The Morgan fingerprint density at radius 3 is 2.86 bits per heavy atom. The molecule has 2 fully saturated rings. The molecular formula is C10H18N2O2. The standard InChI is InChI=1S/C10H18N2O2/c1-7-10(14)12(6-11-7)8-3-2-4-9(13)5-8/h7-9,11,13H,2-6H2,1H3. The minimum Gasteiger partial charge on any atom is -0.393 e. The monoisotopic (exact) mass is 198 g/mol. The van der Waals surface area contributed by atoms with Gasteiger partial charge >= 0.3 is 0 Å². The Bertz CT molecular complexity index is 232. The summed E-state index contributed by atoms with van der Waals surface area (Å²) in [5.41, 5.74) is 0. The zero-order valence-corrected chi connectivity index (χ0v) is 8.57. The van der Waals surface area contributed by atoms with Crippen LogP contribution in [0, 0.1) is 0 Å². The summed E-state index contributed by atoms with van der Waals surface area (Å²) in [4.78, 5) is 13.6. The Morgan fingerprint density at radius 1 is 1.50 bits per heavy atom. The van der Waals surface area contributed by atoms with Crippen molar-refractivity contribution in [2.24, 2.45) is 0 Å². The first-order valence-electron chi connectivity index (χ1n) is 5.40. The number of aliphatic hydroxyl groups excluding tert-OH is 1. The molecule has 2 rings (SSSR count). The number of hydrogen-bond acceptors (Lipinski definition) is 3. The second-order valence-electron chi connectivity index (χ2n) is 4.37. The van der Waals surface area contributed by atoms with Crippen molar-refractivity contribution in [3.05, 3.63) is 0 Å². The average molecular weight is 198 g/mol. The molecule has 1 aliphatic carbocycles. The van der Waals surface area contributed by atoms with E-state index < -0.39 is 0 Å². The van der Waals surface area contributed by atoms with Gasteiger partial charge in [0.1, 0.15) is 0 Å². The predicted molar refractivity (Wildman–Crippen MR) is 52.6 cm³/mol. The van der Waals surface area contributed by atoms with Gasteiger partial charge in [-0.3, -0.25) is 10.1 Å². The molecule has 1 aliphatic heterocycles. The van der Waals surface area contributed by atoms with Crippen molar-refractivity contribution in [3.63, 3.8) is 0 Å². The molecule has 0 aromatic carbocycles. The van der Waals surface area contributed by atoms with Crippen molar-refractivity contribution in [1.82, 2.24) is 10.2 Å². The van der Waals surface area contributed by atoms with Crippen LogP contribution in [0.2, 0.25) is 0 Å². The minimum atomic E-state index is -0.211. The highest BCUT2D eigenvalue weighted by Crippen LogP contribution is 2.24. The number of carbonyl (C=O) groups is 1. The van der Waals surface area contributed by atoms with Crippen LogP contribution in [0.3, 0.4) is 0 Å². The van der Waals surface area contributed by atoms with E-state index in [1.165, 1.54) is 0 Å². The Kier molecular flexibility index (Phi) is 2.74. The van der Waals surface area contributed by atoms with Crippen molar-refractivity contribution in [2.75, 3.05) is 6.67 Å². The SMILES string of the molecule is CC1NCN(C2CCCC(O)C2)C1=O. The van der Waals surface area contributed by atoms with E-state index >= 15 is 0 Å². The molecule has 0 bridgehead atoms. The number of amides is 1. The van der Waals surface area contributed by atoms with E-state index in [9.17, 15) is 9.90 Å². The van der Waals surface area contributed by atoms with E-state index in [1.54, 1.807) is 0 Å². The number of nitrogens with zero attached hydrogens (tertiary/aromatic N) is 1. The molecule has 1 heterocycles. The van der Waals surface area contributed by atoms with Gasteiger partial charge in [-0.2, -0.15) is 0 Å². The molecule has 0 spiro atoms. The zero-order valence-electron chi connectivity index (χ0n) is 8.57. The fourth-order valence-electron chi connectivity index (χ4n) is 2.38. The molecule has 14 heavy (non-hydrogen) atoms. The third kappa shape index (κ3) is 1.77. The van der Waals surface area contributed by atoms with Crippen molar-refractivity contribution in [1.29, 1.82) is 0 Å². The lowest BCUT2D eigenvalue weighted by atomic mass is 9.92. The van der Waals surface area contributed by atoms with Gasteiger partial charge in [0, 0.05) is 6.04 Å². The maximum absolute atomic E-state index is 11.7.